The molecule has 6 bridgehead atoms. The summed E-state index contributed by atoms with van der Waals surface area (Å²) >= 11 is 0. The second kappa shape index (κ2) is 5.80. The average Bonchev–Trinajstić information content (AvgIpc) is 3.49. The third kappa shape index (κ3) is 2.15. The summed E-state index contributed by atoms with van der Waals surface area (Å²) in [6.07, 6.45) is -6.99. The Morgan fingerprint density at radius 3 is 0.971 bits per heavy atom. The fourth-order valence-electron chi connectivity index (χ4n) is 4.95. The average molecular weight is 502 g/mol. The molecular formula is C20H14O12Si2-2. The zero-order valence-electron chi connectivity index (χ0n) is 17.0. The van der Waals surface area contributed by atoms with Crippen LogP contribution in [-0.4, -0.2) is 64.9 Å². The molecule has 0 aromatic heterocycles. The molecule has 5 fully saturated rings. The molecule has 5 saturated heterocycles. The van der Waals surface area contributed by atoms with Crippen LogP contribution in [0.15, 0.2) is 60.7 Å². The van der Waals surface area contributed by atoms with Crippen LogP contribution in [0.5, 0.6) is 0 Å². The van der Waals surface area contributed by atoms with E-state index in [9.17, 15) is 19.2 Å². The predicted molar refractivity (Wildman–Crippen MR) is 108 cm³/mol. The Morgan fingerprint density at radius 2 is 0.706 bits per heavy atom. The molecule has 2 spiro atoms. The molecule has 0 aliphatic carbocycles. The summed E-state index contributed by atoms with van der Waals surface area (Å²) in [5, 5.41) is 0.241. The van der Waals surface area contributed by atoms with Crippen LogP contribution >= 0.6 is 0 Å². The predicted octanol–water partition coefficient (Wildman–Crippen LogP) is -1.64. The Hall–Kier alpha value is -3.41. The van der Waals surface area contributed by atoms with Gasteiger partial charge in [0.2, 0.25) is 0 Å². The summed E-state index contributed by atoms with van der Waals surface area (Å²) in [7, 11) is -11.0. The molecule has 0 amide bonds. The van der Waals surface area contributed by atoms with Crippen LogP contribution in [0.4, 0.5) is 0 Å². The summed E-state index contributed by atoms with van der Waals surface area (Å²) in [5.74, 6) is -4.25. The molecular weight excluding hydrogens is 488 g/mol. The van der Waals surface area contributed by atoms with Crippen LogP contribution in [-0.2, 0) is 54.6 Å². The fourth-order valence-corrected chi connectivity index (χ4v) is 12.5. The zero-order chi connectivity index (χ0) is 23.4. The van der Waals surface area contributed by atoms with E-state index in [0.29, 0.717) is 0 Å². The van der Waals surface area contributed by atoms with E-state index in [1.165, 1.54) is 24.3 Å². The van der Waals surface area contributed by atoms with Crippen molar-refractivity contribution in [2.45, 2.75) is 24.4 Å². The van der Waals surface area contributed by atoms with E-state index in [0.717, 1.165) is 0 Å². The van der Waals surface area contributed by atoms with Crippen molar-refractivity contribution in [1.29, 1.82) is 0 Å². The van der Waals surface area contributed by atoms with Gasteiger partial charge in [-0.15, -0.1) is 0 Å². The van der Waals surface area contributed by atoms with Crippen molar-refractivity contribution in [3.8, 4) is 0 Å². The van der Waals surface area contributed by atoms with E-state index >= 15 is 0 Å². The molecule has 2 aromatic rings. The van der Waals surface area contributed by atoms with Gasteiger partial charge in [-0.3, -0.25) is 0 Å². The molecule has 0 N–H and O–H groups in total. The summed E-state index contributed by atoms with van der Waals surface area (Å²) in [6.45, 7) is 0. The number of hydrogen-bond donors (Lipinski definition) is 0. The van der Waals surface area contributed by atoms with E-state index in [-0.39, 0.29) is 10.4 Å². The van der Waals surface area contributed by atoms with Crippen molar-refractivity contribution in [2.75, 3.05) is 0 Å². The van der Waals surface area contributed by atoms with Crippen LogP contribution in [0.2, 0.25) is 0 Å². The molecule has 12 nitrogen and oxygen atoms in total. The second-order valence-electron chi connectivity index (χ2n) is 8.39. The van der Waals surface area contributed by atoms with Crippen LogP contribution < -0.4 is 10.4 Å². The van der Waals surface area contributed by atoms with Crippen molar-refractivity contribution < 1.29 is 54.6 Å². The maximum atomic E-state index is 13.1. The number of rotatable bonds is 2. The fraction of sp³-hybridized carbons (Fsp3) is 0.200. The first-order valence-electron chi connectivity index (χ1n) is 10.4. The van der Waals surface area contributed by atoms with Gasteiger partial charge in [0.15, 0.2) is 0 Å². The van der Waals surface area contributed by atoms with Crippen molar-refractivity contribution in [1.82, 2.24) is 0 Å². The molecule has 0 radical (unpaired) electrons. The minimum absolute atomic E-state index is 0.120. The molecule has 5 heterocycles. The van der Waals surface area contributed by atoms with Gasteiger partial charge < -0.3 is 0 Å². The number of carbonyl (C=O) groups excluding carboxylic acids is 4. The van der Waals surface area contributed by atoms with Gasteiger partial charge in [0, 0.05) is 0 Å². The number of carbonyl (C=O) groups is 4. The van der Waals surface area contributed by atoms with Crippen LogP contribution in [0.25, 0.3) is 0 Å². The first-order chi connectivity index (χ1) is 16.3. The first kappa shape index (κ1) is 20.0. The van der Waals surface area contributed by atoms with Crippen molar-refractivity contribution >= 4 is 50.9 Å². The Kier molecular flexibility index (Phi) is 3.41. The third-order valence-corrected chi connectivity index (χ3v) is 13.8. The summed E-state index contributed by atoms with van der Waals surface area (Å²) in [5.41, 5.74) is 0. The Balaban J connectivity index is 1.48. The Bertz CT molecular complexity index is 1150. The first-order valence-corrected chi connectivity index (χ1v) is 14.6. The SMILES string of the molecule is O=C1O[Si-]23(c4ccccc4)OC(=O)[C@H](O2)[C@H]2O[Si-]4(c5ccccc5)(OC(=O)[C@H](O4)[C@H]1O3)OC2=O. The monoisotopic (exact) mass is 502 g/mol. The standard InChI is InChI=1S/C20H14O12Si2/c21-17-13-15-19(23)31-34(27-15,12-9-5-2-6-10-12)28-16(20(24)32-34)14-18(22)30-33(25-13,26-14,29-17)11-7-3-1-4-8-11/h1-10,13-16H/q-2/t13-,14-,15-,16-/m1/s1. The van der Waals surface area contributed by atoms with Gasteiger partial charge in [0.1, 0.15) is 0 Å². The zero-order valence-corrected chi connectivity index (χ0v) is 19.0. The Morgan fingerprint density at radius 1 is 0.441 bits per heavy atom. The molecule has 0 unspecified atom stereocenters. The van der Waals surface area contributed by atoms with Gasteiger partial charge in [0.05, 0.1) is 0 Å². The summed E-state index contributed by atoms with van der Waals surface area (Å²) in [4.78, 5) is 52.4. The van der Waals surface area contributed by atoms with Gasteiger partial charge in [-0.05, 0) is 0 Å². The van der Waals surface area contributed by atoms with E-state index in [2.05, 4.69) is 0 Å². The molecule has 34 heavy (non-hydrogen) atoms. The summed E-state index contributed by atoms with van der Waals surface area (Å²) < 4.78 is 46.4. The molecule has 5 aliphatic heterocycles. The van der Waals surface area contributed by atoms with Crippen LogP contribution in [0.1, 0.15) is 0 Å². The normalized spacial score (nSPS) is 37.1. The van der Waals surface area contributed by atoms with Gasteiger partial charge in [-0.25, -0.2) is 0 Å². The van der Waals surface area contributed by atoms with E-state index < -0.39 is 64.9 Å². The number of hydrogen-bond acceptors (Lipinski definition) is 12. The van der Waals surface area contributed by atoms with Gasteiger partial charge in [-0.2, -0.15) is 0 Å². The van der Waals surface area contributed by atoms with Crippen LogP contribution in [0, 0.1) is 0 Å². The quantitative estimate of drug-likeness (QED) is 0.435. The van der Waals surface area contributed by atoms with Crippen molar-refractivity contribution in [3.05, 3.63) is 60.7 Å². The molecule has 2 aromatic carbocycles. The minimum atomic E-state index is -5.51. The molecule has 14 heteroatoms. The summed E-state index contributed by atoms with van der Waals surface area (Å²) in [6, 6.07) is 15.6. The third-order valence-electron chi connectivity index (χ3n) is 6.40. The number of benzene rings is 2. The number of fused-ring (bicyclic) bond motifs is 6. The topological polar surface area (TPSA) is 142 Å². The second-order valence-corrected chi connectivity index (χ2v) is 14.9. The van der Waals surface area contributed by atoms with Gasteiger partial charge >= 0.3 is 191 Å². The van der Waals surface area contributed by atoms with Gasteiger partial charge in [-0.1, -0.05) is 0 Å². The van der Waals surface area contributed by atoms with Crippen molar-refractivity contribution in [2.24, 2.45) is 0 Å². The van der Waals surface area contributed by atoms with Crippen LogP contribution in [0.3, 0.4) is 0 Å². The molecule has 7 rings (SSSR count). The molecule has 176 valence electrons. The van der Waals surface area contributed by atoms with E-state index in [4.69, 9.17) is 35.4 Å². The molecule has 4 atom stereocenters. The Labute approximate surface area is 190 Å². The molecule has 0 saturated carbocycles. The maximum absolute atomic E-state index is 13.1. The van der Waals surface area contributed by atoms with E-state index in [1.807, 2.05) is 0 Å². The van der Waals surface area contributed by atoms with Gasteiger partial charge in [0.25, 0.3) is 0 Å². The van der Waals surface area contributed by atoms with E-state index in [1.54, 1.807) is 36.4 Å². The van der Waals surface area contributed by atoms with Crippen molar-refractivity contribution in [3.63, 3.8) is 0 Å². The molecule has 5 aliphatic rings.